The van der Waals surface area contributed by atoms with Gasteiger partial charge in [0.2, 0.25) is 0 Å². The van der Waals surface area contributed by atoms with E-state index in [1.807, 2.05) is 12.1 Å². The molecule has 6 heteroatoms. The number of hydrogen-bond acceptors (Lipinski definition) is 3. The van der Waals surface area contributed by atoms with Crippen molar-refractivity contribution in [2.75, 3.05) is 0 Å². The molecule has 2 aromatic rings. The summed E-state index contributed by atoms with van der Waals surface area (Å²) in [6.07, 6.45) is 3.24. The lowest BCUT2D eigenvalue weighted by atomic mass is 9.90. The highest BCUT2D eigenvalue weighted by atomic mass is 79.9. The number of halogens is 1. The summed E-state index contributed by atoms with van der Waals surface area (Å²) < 4.78 is 0.687. The molecule has 1 aliphatic carbocycles. The van der Waals surface area contributed by atoms with Crippen LogP contribution < -0.4 is 10.9 Å². The molecular formula is C17H17BrN2O2S. The summed E-state index contributed by atoms with van der Waals surface area (Å²) in [6, 6.07) is 9.03. The summed E-state index contributed by atoms with van der Waals surface area (Å²) in [5.41, 5.74) is 6.71. The van der Waals surface area contributed by atoms with Crippen molar-refractivity contribution < 1.29 is 9.59 Å². The molecule has 1 atom stereocenters. The van der Waals surface area contributed by atoms with E-state index in [4.69, 9.17) is 0 Å². The standard InChI is InChI=1S/C17H17BrN2O2S/c1-10-6-7-14-11(8-10)9-15(23-14)17(22)20-19-16(21)12-4-2-3-5-13(12)18/h2-5,9-10H,6-8H2,1H3,(H,19,21)(H,20,22). The van der Waals surface area contributed by atoms with E-state index in [0.717, 1.165) is 12.8 Å². The zero-order chi connectivity index (χ0) is 16.4. The number of hydrogen-bond donors (Lipinski definition) is 2. The topological polar surface area (TPSA) is 58.2 Å². The fourth-order valence-corrected chi connectivity index (χ4v) is 4.27. The first-order chi connectivity index (χ1) is 11.0. The molecule has 0 radical (unpaired) electrons. The SMILES string of the molecule is CC1CCc2sc(C(=O)NNC(=O)c3ccccc3Br)cc2C1. The van der Waals surface area contributed by atoms with E-state index in [9.17, 15) is 9.59 Å². The van der Waals surface area contributed by atoms with Gasteiger partial charge in [-0.05, 0) is 64.9 Å². The minimum Gasteiger partial charge on any atom is -0.267 e. The molecule has 1 aromatic carbocycles. The Balaban J connectivity index is 1.64. The van der Waals surface area contributed by atoms with E-state index in [2.05, 4.69) is 33.7 Å². The minimum atomic E-state index is -0.347. The summed E-state index contributed by atoms with van der Waals surface area (Å²) >= 11 is 4.84. The molecule has 0 saturated heterocycles. The van der Waals surface area contributed by atoms with E-state index < -0.39 is 0 Å². The minimum absolute atomic E-state index is 0.266. The van der Waals surface area contributed by atoms with Crippen LogP contribution in [-0.2, 0) is 12.8 Å². The number of benzene rings is 1. The Hall–Kier alpha value is -1.66. The molecule has 0 spiro atoms. The van der Waals surface area contributed by atoms with Gasteiger partial charge in [-0.3, -0.25) is 20.4 Å². The molecule has 0 bridgehead atoms. The molecule has 4 nitrogen and oxygen atoms in total. The molecule has 1 aliphatic rings. The second-order valence-electron chi connectivity index (χ2n) is 5.80. The molecule has 0 fully saturated rings. The van der Waals surface area contributed by atoms with Crippen molar-refractivity contribution in [1.29, 1.82) is 0 Å². The normalized spacial score (nSPS) is 16.5. The number of carbonyl (C=O) groups excluding carboxylic acids is 2. The number of carbonyl (C=O) groups is 2. The highest BCUT2D eigenvalue weighted by molar-refractivity contribution is 9.10. The maximum absolute atomic E-state index is 12.2. The van der Waals surface area contributed by atoms with Gasteiger partial charge in [0.1, 0.15) is 0 Å². The van der Waals surface area contributed by atoms with Gasteiger partial charge >= 0.3 is 0 Å². The second-order valence-corrected chi connectivity index (χ2v) is 7.79. The van der Waals surface area contributed by atoms with Crippen molar-refractivity contribution in [3.8, 4) is 0 Å². The number of amides is 2. The van der Waals surface area contributed by atoms with Gasteiger partial charge in [-0.1, -0.05) is 19.1 Å². The van der Waals surface area contributed by atoms with Crippen LogP contribution in [0.15, 0.2) is 34.8 Å². The van der Waals surface area contributed by atoms with Crippen LogP contribution in [0.4, 0.5) is 0 Å². The number of nitrogens with one attached hydrogen (secondary N) is 2. The van der Waals surface area contributed by atoms with Crippen LogP contribution >= 0.6 is 27.3 Å². The Morgan fingerprint density at radius 1 is 1.22 bits per heavy atom. The lowest BCUT2D eigenvalue weighted by molar-refractivity contribution is 0.0848. The van der Waals surface area contributed by atoms with Crippen LogP contribution in [0.3, 0.4) is 0 Å². The molecule has 3 rings (SSSR count). The molecule has 120 valence electrons. The third-order valence-corrected chi connectivity index (χ3v) is 5.89. The number of thiophene rings is 1. The van der Waals surface area contributed by atoms with Crippen LogP contribution in [0.5, 0.6) is 0 Å². The predicted octanol–water partition coefficient (Wildman–Crippen LogP) is 3.71. The van der Waals surface area contributed by atoms with Crippen LogP contribution in [0, 0.1) is 5.92 Å². The highest BCUT2D eigenvalue weighted by Gasteiger charge is 2.21. The zero-order valence-electron chi connectivity index (χ0n) is 12.7. The molecule has 2 N–H and O–H groups in total. The highest BCUT2D eigenvalue weighted by Crippen LogP contribution is 2.32. The average Bonchev–Trinajstić information content (AvgIpc) is 2.95. The number of hydrazine groups is 1. The first-order valence-electron chi connectivity index (χ1n) is 7.51. The van der Waals surface area contributed by atoms with Crippen molar-refractivity contribution in [1.82, 2.24) is 10.9 Å². The number of fused-ring (bicyclic) bond motifs is 1. The van der Waals surface area contributed by atoms with Crippen molar-refractivity contribution >= 4 is 39.1 Å². The smallest absolute Gasteiger partial charge is 0.267 e. The lowest BCUT2D eigenvalue weighted by Crippen LogP contribution is -2.41. The van der Waals surface area contributed by atoms with E-state index in [0.29, 0.717) is 20.8 Å². The zero-order valence-corrected chi connectivity index (χ0v) is 15.1. The predicted molar refractivity (Wildman–Crippen MR) is 94.6 cm³/mol. The molecule has 1 unspecified atom stereocenters. The van der Waals surface area contributed by atoms with Crippen LogP contribution in [-0.4, -0.2) is 11.8 Å². The first-order valence-corrected chi connectivity index (χ1v) is 9.12. The van der Waals surface area contributed by atoms with Gasteiger partial charge in [-0.25, -0.2) is 0 Å². The van der Waals surface area contributed by atoms with Crippen molar-refractivity contribution in [3.63, 3.8) is 0 Å². The summed E-state index contributed by atoms with van der Waals surface area (Å²) in [5, 5.41) is 0. The van der Waals surface area contributed by atoms with Gasteiger partial charge in [0.25, 0.3) is 11.8 Å². The number of rotatable bonds is 2. The molecule has 1 heterocycles. The Bertz CT molecular complexity index is 757. The average molecular weight is 393 g/mol. The molecule has 1 aromatic heterocycles. The van der Waals surface area contributed by atoms with Gasteiger partial charge in [0.05, 0.1) is 10.4 Å². The van der Waals surface area contributed by atoms with Gasteiger partial charge in [0, 0.05) is 9.35 Å². The number of aryl methyl sites for hydroxylation is 1. The molecule has 0 saturated carbocycles. The van der Waals surface area contributed by atoms with Crippen molar-refractivity contribution in [3.05, 3.63) is 55.7 Å². The molecule has 0 aliphatic heterocycles. The first kappa shape index (κ1) is 16.2. The van der Waals surface area contributed by atoms with Gasteiger partial charge in [-0.2, -0.15) is 0 Å². The van der Waals surface area contributed by atoms with Crippen LogP contribution in [0.25, 0.3) is 0 Å². The van der Waals surface area contributed by atoms with Gasteiger partial charge < -0.3 is 0 Å². The summed E-state index contributed by atoms with van der Waals surface area (Å²) in [4.78, 5) is 26.3. The third-order valence-electron chi connectivity index (χ3n) is 3.96. The maximum atomic E-state index is 12.2. The summed E-state index contributed by atoms with van der Waals surface area (Å²) in [6.45, 7) is 2.23. The summed E-state index contributed by atoms with van der Waals surface area (Å²) in [5.74, 6) is 0.0568. The Morgan fingerprint density at radius 3 is 2.74 bits per heavy atom. The monoisotopic (exact) mass is 392 g/mol. The molecular weight excluding hydrogens is 376 g/mol. The largest absolute Gasteiger partial charge is 0.279 e. The Labute approximate surface area is 147 Å². The van der Waals surface area contributed by atoms with E-state index in [-0.39, 0.29) is 11.8 Å². The van der Waals surface area contributed by atoms with E-state index in [1.165, 1.54) is 28.2 Å². The van der Waals surface area contributed by atoms with Gasteiger partial charge in [-0.15, -0.1) is 11.3 Å². The second kappa shape index (κ2) is 6.84. The van der Waals surface area contributed by atoms with E-state index >= 15 is 0 Å². The van der Waals surface area contributed by atoms with Crippen LogP contribution in [0.1, 0.15) is 43.8 Å². The van der Waals surface area contributed by atoms with Gasteiger partial charge in [0.15, 0.2) is 0 Å². The lowest BCUT2D eigenvalue weighted by Gasteiger charge is -2.16. The van der Waals surface area contributed by atoms with E-state index in [1.54, 1.807) is 18.2 Å². The van der Waals surface area contributed by atoms with Crippen molar-refractivity contribution in [2.24, 2.45) is 5.92 Å². The Kier molecular flexibility index (Phi) is 4.82. The molecule has 23 heavy (non-hydrogen) atoms. The van der Waals surface area contributed by atoms with Crippen molar-refractivity contribution in [2.45, 2.75) is 26.2 Å². The quantitative estimate of drug-likeness (QED) is 0.765. The fourth-order valence-electron chi connectivity index (χ4n) is 2.71. The summed E-state index contributed by atoms with van der Waals surface area (Å²) in [7, 11) is 0. The van der Waals surface area contributed by atoms with Crippen LogP contribution in [0.2, 0.25) is 0 Å². The Morgan fingerprint density at radius 2 is 1.96 bits per heavy atom. The fraction of sp³-hybridized carbons (Fsp3) is 0.294. The third kappa shape index (κ3) is 3.64. The maximum Gasteiger partial charge on any atom is 0.279 e. The molecule has 2 amide bonds.